The lowest BCUT2D eigenvalue weighted by Crippen LogP contribution is -2.50. The smallest absolute Gasteiger partial charge is 0.335 e. The van der Waals surface area contributed by atoms with Crippen LogP contribution in [0.25, 0.3) is 0 Å². The number of aromatic carboxylic acids is 2. The van der Waals surface area contributed by atoms with Gasteiger partial charge in [-0.05, 0) is 158 Å². The van der Waals surface area contributed by atoms with E-state index >= 15 is 8.78 Å². The number of anilines is 11. The number of methoxy groups -OCH3 is 3. The van der Waals surface area contributed by atoms with E-state index in [0.717, 1.165) is 116 Å². The number of rotatable bonds is 14. The number of carboxylic acid groups (broad SMARTS) is 2. The predicted octanol–water partition coefficient (Wildman–Crippen LogP) is 11.6. The first-order chi connectivity index (χ1) is 50.9. The number of fused-ring (bicyclic) bond motifs is 3. The molecule has 3 aromatic carbocycles. The van der Waals surface area contributed by atoms with Crippen molar-refractivity contribution in [1.29, 1.82) is 0 Å². The van der Waals surface area contributed by atoms with E-state index in [9.17, 15) is 38.3 Å². The van der Waals surface area contributed by atoms with Crippen LogP contribution in [0.2, 0.25) is 5.28 Å². The average molecular weight is 1510 g/mol. The second-order valence-corrected chi connectivity index (χ2v) is 29.1. The normalized spacial score (nSPS) is 21.8. The molecule has 576 valence electrons. The summed E-state index contributed by atoms with van der Waals surface area (Å²) in [6.07, 6.45) is 22.0. The Kier molecular flexibility index (Phi) is 25.5. The molecule has 3 aliphatic carbocycles. The van der Waals surface area contributed by atoms with Crippen molar-refractivity contribution in [3.8, 4) is 17.2 Å². The summed E-state index contributed by atoms with van der Waals surface area (Å²) in [7, 11) is 11.2. The van der Waals surface area contributed by atoms with E-state index in [1.165, 1.54) is 106 Å². The Labute approximate surface area is 625 Å². The first-order valence-electron chi connectivity index (χ1n) is 36.2. The molecule has 4 fully saturated rings. The maximum Gasteiger partial charge on any atom is 0.335 e. The van der Waals surface area contributed by atoms with Crippen LogP contribution in [-0.4, -0.2) is 204 Å². The lowest BCUT2D eigenvalue weighted by atomic mass is 9.93. The van der Waals surface area contributed by atoms with Crippen LogP contribution in [0.1, 0.15) is 161 Å². The number of aromatic nitrogens is 6. The van der Waals surface area contributed by atoms with Gasteiger partial charge in [0.1, 0.15) is 34.3 Å². The van der Waals surface area contributed by atoms with Gasteiger partial charge in [-0.3, -0.25) is 19.2 Å². The average Bonchev–Trinajstić information content (AvgIpc) is 1.65. The highest BCUT2D eigenvalue weighted by Gasteiger charge is 2.48. The number of nitrogens with two attached hydrogens (primary N) is 1. The Morgan fingerprint density at radius 2 is 0.850 bits per heavy atom. The number of nitrogen functional groups attached to an aromatic ring is 1. The molecule has 3 atom stereocenters. The number of carbonyl (C=O) groups excluding carboxylic acids is 4. The molecule has 4 amide bonds. The third-order valence-electron chi connectivity index (χ3n) is 20.8. The van der Waals surface area contributed by atoms with Crippen molar-refractivity contribution in [2.24, 2.45) is 0 Å². The zero-order chi connectivity index (χ0) is 77.2. The van der Waals surface area contributed by atoms with Gasteiger partial charge < -0.3 is 80.4 Å². The molecule has 6 aromatic rings. The van der Waals surface area contributed by atoms with E-state index in [1.54, 1.807) is 51.7 Å². The first-order valence-corrected chi connectivity index (χ1v) is 36.6. The van der Waals surface area contributed by atoms with Crippen molar-refractivity contribution in [2.75, 3.05) is 128 Å². The summed E-state index contributed by atoms with van der Waals surface area (Å²) >= 11 is 5.94. The monoisotopic (exact) mass is 1500 g/mol. The summed E-state index contributed by atoms with van der Waals surface area (Å²) < 4.78 is 61.7. The molecule has 7 N–H and O–H groups in total. The Bertz CT molecular complexity index is 4210. The molecule has 3 saturated carbocycles. The fourth-order valence-corrected chi connectivity index (χ4v) is 14.9. The largest absolute Gasteiger partial charge is 0.495 e. The van der Waals surface area contributed by atoms with Crippen molar-refractivity contribution in [3.63, 3.8) is 0 Å². The predicted molar refractivity (Wildman–Crippen MR) is 404 cm³/mol. The molecular formula is C75H97ClF3N17O11. The van der Waals surface area contributed by atoms with Crippen molar-refractivity contribution >= 4 is 111 Å². The Balaban J connectivity index is 0.000000164. The highest BCUT2D eigenvalue weighted by Crippen LogP contribution is 2.43. The fourth-order valence-electron chi connectivity index (χ4n) is 14.8. The van der Waals surface area contributed by atoms with E-state index < -0.39 is 46.7 Å². The Morgan fingerprint density at radius 3 is 1.23 bits per heavy atom. The number of benzene rings is 3. The van der Waals surface area contributed by atoms with E-state index in [1.807, 2.05) is 14.7 Å². The van der Waals surface area contributed by atoms with Gasteiger partial charge >= 0.3 is 11.9 Å². The molecule has 13 rings (SSSR count). The van der Waals surface area contributed by atoms with Crippen LogP contribution in [0.15, 0.2) is 73.2 Å². The van der Waals surface area contributed by atoms with Gasteiger partial charge in [-0.2, -0.15) is 15.0 Å². The molecule has 3 unspecified atom stereocenters. The maximum atomic E-state index is 15.6. The zero-order valence-corrected chi connectivity index (χ0v) is 63.0. The number of halogens is 4. The molecule has 107 heavy (non-hydrogen) atoms. The highest BCUT2D eigenvalue weighted by molar-refractivity contribution is 6.28. The molecule has 4 aliphatic heterocycles. The second-order valence-electron chi connectivity index (χ2n) is 28.8. The van der Waals surface area contributed by atoms with Crippen LogP contribution in [0, 0.1) is 0 Å². The van der Waals surface area contributed by atoms with Crippen molar-refractivity contribution < 1.29 is 66.4 Å². The van der Waals surface area contributed by atoms with Gasteiger partial charge in [-0.25, -0.2) is 37.7 Å². The molecule has 7 heterocycles. The van der Waals surface area contributed by atoms with Crippen LogP contribution in [0.5, 0.6) is 17.2 Å². The third kappa shape index (κ3) is 18.7. The van der Waals surface area contributed by atoms with Crippen molar-refractivity contribution in [3.05, 3.63) is 95.2 Å². The molecule has 32 heteroatoms. The maximum absolute atomic E-state index is 15.6. The van der Waals surface area contributed by atoms with Crippen molar-refractivity contribution in [1.82, 2.24) is 40.1 Å². The molecule has 28 nitrogen and oxygen atoms in total. The standard InChI is InChI=1S/C29H40FN7O3.C23H28FN5O4.C15H20ClFN4O.C8H9NO3/c1-29(30)18-37(21-8-6-5-7-9-21)25-23(36(3)27(29)39)17-31-28(34-25)33-22-11-10-19(16-24(22)40-4)26(38)32-20-12-14-35(2)15-13-20;1-23(24)13-29(15-7-5-4-6-8-15)19-17(28(2)21(23)32)12-25-22(27-19)26-16-10-9-14(20(30)31)11-18(16)33-3;1-15(17)9-21(10-6-4-3-5-7-10)12-11(20(2)13(15)22)8-18-14(16)19-12;1-12-7-4-5(8(10)11)2-3-6(7)9/h10-11,16-17,20-21H,5-9,12-15,18H2,1-4H3,(H,32,38)(H,31,33,34);9-12,15H,4-8,13H2,1-3H3,(H,30,31)(H,25,26,27);8,10H,3-7,9H2,1-2H3;2-4H,9H2,1H3,(H,10,11). The summed E-state index contributed by atoms with van der Waals surface area (Å²) in [6, 6.07) is 14.5. The molecule has 0 spiro atoms. The number of piperidine rings is 1. The number of alkyl halides is 3. The Hall–Kier alpha value is -10.0. The number of nitrogens with one attached hydrogen (secondary N) is 3. The van der Waals surface area contributed by atoms with Gasteiger partial charge in [0.2, 0.25) is 34.2 Å². The topological polar surface area (TPSA) is 333 Å². The molecule has 0 radical (unpaired) electrons. The van der Waals surface area contributed by atoms with E-state index in [4.69, 9.17) is 41.6 Å². The van der Waals surface area contributed by atoms with Crippen LogP contribution in [-0.2, 0) is 14.4 Å². The number of ether oxygens (including phenoxy) is 3. The minimum atomic E-state index is -2.06. The Morgan fingerprint density at radius 1 is 0.505 bits per heavy atom. The zero-order valence-electron chi connectivity index (χ0n) is 62.3. The molecule has 1 saturated heterocycles. The summed E-state index contributed by atoms with van der Waals surface area (Å²) in [5.74, 6) is -0.688. The number of carboxylic acids is 2. The van der Waals surface area contributed by atoms with E-state index in [2.05, 4.69) is 52.8 Å². The summed E-state index contributed by atoms with van der Waals surface area (Å²) in [4.78, 5) is 111. The fraction of sp³-hybridized carbons (Fsp3) is 0.520. The minimum Gasteiger partial charge on any atom is -0.495 e. The number of hydrogen-bond acceptors (Lipinski definition) is 22. The number of nitrogens with zero attached hydrogens (tertiary/aromatic N) is 13. The van der Waals surface area contributed by atoms with Gasteiger partial charge in [0.15, 0.2) is 17.5 Å². The minimum absolute atomic E-state index is 0.00117. The third-order valence-corrected chi connectivity index (χ3v) is 20.9. The van der Waals surface area contributed by atoms with Crippen LogP contribution < -0.4 is 65.3 Å². The van der Waals surface area contributed by atoms with Gasteiger partial charge in [0, 0.05) is 50.9 Å². The SMILES string of the molecule is CN1C(=O)C(C)(F)CN(C2CCCCC2)c2nc(Cl)ncc21.COc1cc(C(=O)NC2CCN(C)CC2)ccc1Nc1ncc2c(n1)N(C1CCCCC1)CC(C)(F)C(=O)N2C.COc1cc(C(=O)O)ccc1N.COc1cc(C(=O)O)ccc1Nc1ncc2c(n1)N(C1CCCCC1)CC(C)(F)C(=O)N2C. The number of carbonyl (C=O) groups is 6. The summed E-state index contributed by atoms with van der Waals surface area (Å²) in [5, 5.41) is 27.3. The highest BCUT2D eigenvalue weighted by atomic mass is 35.5. The van der Waals surface area contributed by atoms with Crippen LogP contribution in [0.4, 0.5) is 76.6 Å². The number of hydrogen-bond donors (Lipinski definition) is 6. The molecule has 0 bridgehead atoms. The molecular weight excluding hydrogens is 1410 g/mol. The second kappa shape index (κ2) is 34.2. The molecule has 3 aromatic heterocycles. The quantitative estimate of drug-likeness (QED) is 0.0436. The summed E-state index contributed by atoms with van der Waals surface area (Å²) in [6.45, 7) is 5.78. The van der Waals surface area contributed by atoms with Crippen molar-refractivity contribution in [2.45, 2.75) is 171 Å². The summed E-state index contributed by atoms with van der Waals surface area (Å²) in [5.41, 5.74) is 3.14. The lowest BCUT2D eigenvalue weighted by molar-refractivity contribution is -0.128. The van der Waals surface area contributed by atoms with Gasteiger partial charge in [-0.15, -0.1) is 0 Å². The lowest BCUT2D eigenvalue weighted by Gasteiger charge is -2.36. The van der Waals surface area contributed by atoms with Gasteiger partial charge in [-0.1, -0.05) is 57.8 Å². The molecule has 7 aliphatic rings. The van der Waals surface area contributed by atoms with Crippen LogP contribution >= 0.6 is 11.6 Å². The number of amides is 4. The van der Waals surface area contributed by atoms with E-state index in [-0.39, 0.29) is 72.1 Å². The first kappa shape index (κ1) is 79.5. The number of likely N-dealkylation sites (tertiary alicyclic amines) is 1. The van der Waals surface area contributed by atoms with E-state index in [0.29, 0.717) is 80.3 Å². The van der Waals surface area contributed by atoms with Gasteiger partial charge in [0.05, 0.1) is 87.7 Å². The van der Waals surface area contributed by atoms with Crippen LogP contribution in [0.3, 0.4) is 0 Å². The van der Waals surface area contributed by atoms with Gasteiger partial charge in [0.25, 0.3) is 23.6 Å².